The van der Waals surface area contributed by atoms with Crippen molar-refractivity contribution in [3.8, 4) is 45.7 Å². The van der Waals surface area contributed by atoms with Crippen molar-refractivity contribution < 1.29 is 58.0 Å². The van der Waals surface area contributed by atoms with Crippen LogP contribution in [0.2, 0.25) is 0 Å². The van der Waals surface area contributed by atoms with E-state index in [0.29, 0.717) is 35.8 Å². The topological polar surface area (TPSA) is 134 Å². The van der Waals surface area contributed by atoms with E-state index in [1.807, 2.05) is 73.1 Å². The molecule has 0 fully saturated rings. The van der Waals surface area contributed by atoms with Gasteiger partial charge in [0.2, 0.25) is 7.05 Å². The Kier molecular flexibility index (Phi) is 22.8. The summed E-state index contributed by atoms with van der Waals surface area (Å²) < 4.78 is 9.42. The van der Waals surface area contributed by atoms with E-state index in [2.05, 4.69) is 48.6 Å². The molecule has 0 radical (unpaired) electrons. The molecule has 256 valence electrons. The van der Waals surface area contributed by atoms with Gasteiger partial charge in [-0.1, -0.05) is 12.1 Å². The minimum absolute atomic E-state index is 0. The summed E-state index contributed by atoms with van der Waals surface area (Å²) in [5.74, 6) is 0.719. The molecule has 0 spiro atoms. The number of aromatic nitrogens is 6. The van der Waals surface area contributed by atoms with Crippen LogP contribution in [0.15, 0.2) is 122 Å². The Morgan fingerprint density at radius 1 is 0.540 bits per heavy atom. The SMILES string of the molecule is Cc1ccnc(-c2cc(C)ccn2)c1.O=COc1ccnc(-c2cc(OC=O)ccn2)c1.[C-]#[N+]C.[CH3-].[Ru+2].[Ru].c1ccc(-c2ccccn2)nc1. The van der Waals surface area contributed by atoms with Crippen LogP contribution in [-0.2, 0) is 48.5 Å². The largest absolute Gasteiger partial charge is 2.00 e. The van der Waals surface area contributed by atoms with E-state index in [1.54, 1.807) is 36.7 Å². The molecule has 0 atom stereocenters. The minimum Gasteiger partial charge on any atom is -0.429 e. The maximum absolute atomic E-state index is 10.2. The van der Waals surface area contributed by atoms with Crippen LogP contribution in [0.1, 0.15) is 11.1 Å². The van der Waals surface area contributed by atoms with Gasteiger partial charge in [-0.05, 0) is 85.6 Å². The summed E-state index contributed by atoms with van der Waals surface area (Å²) in [6.07, 6.45) is 10.1. The average molecular weight is 843 g/mol. The summed E-state index contributed by atoms with van der Waals surface area (Å²) in [5.41, 5.74) is 7.13. The molecule has 6 rings (SSSR count). The Labute approximate surface area is 318 Å². The molecule has 0 amide bonds. The zero-order valence-corrected chi connectivity index (χ0v) is 31.1. The first-order chi connectivity index (χ1) is 23.0. The van der Waals surface area contributed by atoms with Gasteiger partial charge in [0.15, 0.2) is 0 Å². The van der Waals surface area contributed by atoms with Crippen LogP contribution < -0.4 is 9.47 Å². The summed E-state index contributed by atoms with van der Waals surface area (Å²) in [4.78, 5) is 48.4. The second kappa shape index (κ2) is 25.6. The van der Waals surface area contributed by atoms with Crippen molar-refractivity contribution in [1.29, 1.82) is 0 Å². The molecule has 13 heteroatoms. The Hall–Kier alpha value is -5.42. The van der Waals surface area contributed by atoms with E-state index in [1.165, 1.54) is 30.6 Å². The fourth-order valence-electron chi connectivity index (χ4n) is 3.74. The zero-order valence-electron chi connectivity index (χ0n) is 27.7. The van der Waals surface area contributed by atoms with Crippen molar-refractivity contribution in [2.24, 2.45) is 0 Å². The van der Waals surface area contributed by atoms with Gasteiger partial charge in [0.05, 0.1) is 34.2 Å². The number of hydrogen-bond donors (Lipinski definition) is 0. The molecule has 0 saturated carbocycles. The monoisotopic (exact) mass is 844 g/mol. The molecule has 0 aromatic carbocycles. The fourth-order valence-corrected chi connectivity index (χ4v) is 3.74. The minimum atomic E-state index is 0. The summed E-state index contributed by atoms with van der Waals surface area (Å²) in [6.45, 7) is 10.6. The zero-order chi connectivity index (χ0) is 33.7. The number of aryl methyl sites for hydroxylation is 2. The number of carbonyl (C=O) groups is 2. The average Bonchev–Trinajstić information content (AvgIpc) is 3.11. The molecule has 6 aromatic rings. The molecule has 6 heterocycles. The summed E-state index contributed by atoms with van der Waals surface area (Å²) in [7, 11) is 1.42. The molecule has 0 saturated heterocycles. The quantitative estimate of drug-likeness (QED) is 0.0932. The molecule has 0 bridgehead atoms. The Morgan fingerprint density at radius 2 is 0.860 bits per heavy atom. The van der Waals surface area contributed by atoms with E-state index in [9.17, 15) is 9.59 Å². The first-order valence-corrected chi connectivity index (χ1v) is 14.0. The molecule has 0 unspecified atom stereocenters. The molecule has 0 N–H and O–H groups in total. The van der Waals surface area contributed by atoms with E-state index in [-0.39, 0.29) is 46.4 Å². The van der Waals surface area contributed by atoms with Gasteiger partial charge in [0.25, 0.3) is 12.9 Å². The third-order valence-electron chi connectivity index (χ3n) is 5.78. The van der Waals surface area contributed by atoms with Crippen LogP contribution in [0.4, 0.5) is 0 Å². The van der Waals surface area contributed by atoms with Crippen LogP contribution >= 0.6 is 0 Å². The first-order valence-electron chi connectivity index (χ1n) is 14.0. The van der Waals surface area contributed by atoms with Crippen LogP contribution in [-0.4, -0.2) is 49.9 Å². The molecule has 0 aliphatic rings. The Balaban J connectivity index is 0.000000684. The Bertz CT molecular complexity index is 1760. The van der Waals surface area contributed by atoms with Crippen LogP contribution in [0.5, 0.6) is 11.5 Å². The summed E-state index contributed by atoms with van der Waals surface area (Å²) >= 11 is 0. The van der Waals surface area contributed by atoms with Crippen molar-refractivity contribution in [1.82, 2.24) is 29.9 Å². The first kappa shape index (κ1) is 44.6. The number of ether oxygens (including phenoxy) is 2. The van der Waals surface area contributed by atoms with Crippen molar-refractivity contribution in [3.05, 3.63) is 152 Å². The molecule has 0 aliphatic heterocycles. The fraction of sp³-hybridized carbons (Fsp3) is 0.0811. The van der Waals surface area contributed by atoms with Gasteiger partial charge in [0.1, 0.15) is 11.5 Å². The third kappa shape index (κ3) is 15.7. The van der Waals surface area contributed by atoms with Gasteiger partial charge in [-0.2, -0.15) is 0 Å². The summed E-state index contributed by atoms with van der Waals surface area (Å²) in [5, 5.41) is 0. The van der Waals surface area contributed by atoms with E-state index < -0.39 is 0 Å². The number of pyridine rings is 6. The molecule has 0 aliphatic carbocycles. The van der Waals surface area contributed by atoms with Gasteiger partial charge in [0, 0.05) is 68.8 Å². The molecule has 6 aromatic heterocycles. The molecular formula is C37H34N7O4Ru2+. The van der Waals surface area contributed by atoms with E-state index in [0.717, 1.165) is 22.8 Å². The van der Waals surface area contributed by atoms with Crippen molar-refractivity contribution >= 4 is 12.9 Å². The van der Waals surface area contributed by atoms with E-state index in [4.69, 9.17) is 16.0 Å². The normalized spacial score (nSPS) is 8.76. The second-order valence-electron chi connectivity index (χ2n) is 9.27. The van der Waals surface area contributed by atoms with Gasteiger partial charge in [-0.15, -0.1) is 0 Å². The third-order valence-corrected chi connectivity index (χ3v) is 5.78. The molecule has 50 heavy (non-hydrogen) atoms. The predicted molar refractivity (Wildman–Crippen MR) is 184 cm³/mol. The predicted octanol–water partition coefficient (Wildman–Crippen LogP) is 7.10. The molecular weight excluding hydrogens is 809 g/mol. The molecule has 11 nitrogen and oxygen atoms in total. The number of carbonyl (C=O) groups excluding carboxylic acids is 2. The maximum Gasteiger partial charge on any atom is 2.00 e. The van der Waals surface area contributed by atoms with Crippen molar-refractivity contribution in [2.75, 3.05) is 7.05 Å². The standard InChI is InChI=1S/C12H8N2O4.C12H12N2.C10H8N2.C2H3N.CH3.2Ru/c15-7-17-9-1-3-13-11(5-9)12-6-10(18-8-16)2-4-14-12;1-9-3-5-13-11(7-9)12-8-10(2)4-6-14-12;1-3-7-11-9(5-1)10-6-2-4-8-12-10;1-3-2;;;/h1-8H;3-8H,1-2H3;1-8H;1H3;1H3;;/q;;;;-1;;+2. The van der Waals surface area contributed by atoms with Crippen molar-refractivity contribution in [2.45, 2.75) is 13.8 Å². The second-order valence-corrected chi connectivity index (χ2v) is 9.27. The van der Waals surface area contributed by atoms with E-state index >= 15 is 0 Å². The number of rotatable bonds is 7. The van der Waals surface area contributed by atoms with Gasteiger partial charge in [-0.25, -0.2) is 6.57 Å². The maximum atomic E-state index is 10.2. The van der Waals surface area contributed by atoms with Crippen LogP contribution in [0, 0.1) is 27.8 Å². The summed E-state index contributed by atoms with van der Waals surface area (Å²) in [6, 6.07) is 25.9. The smallest absolute Gasteiger partial charge is 0.429 e. The van der Waals surface area contributed by atoms with Gasteiger partial charge >= 0.3 is 19.5 Å². The van der Waals surface area contributed by atoms with Crippen LogP contribution in [0.25, 0.3) is 39.0 Å². The van der Waals surface area contributed by atoms with Gasteiger partial charge in [-0.3, -0.25) is 39.5 Å². The van der Waals surface area contributed by atoms with Crippen molar-refractivity contribution in [3.63, 3.8) is 0 Å². The Morgan fingerprint density at radius 3 is 1.16 bits per heavy atom. The number of hydrogen-bond acceptors (Lipinski definition) is 10. The van der Waals surface area contributed by atoms with Gasteiger partial charge < -0.3 is 21.7 Å². The number of nitrogens with zero attached hydrogens (tertiary/aromatic N) is 7. The van der Waals surface area contributed by atoms with Crippen LogP contribution in [0.3, 0.4) is 0 Å².